The highest BCUT2D eigenvalue weighted by molar-refractivity contribution is 5.52. The molecule has 0 bridgehead atoms. The van der Waals surface area contributed by atoms with Crippen LogP contribution in [0.3, 0.4) is 0 Å². The van der Waals surface area contributed by atoms with Crippen molar-refractivity contribution in [3.05, 3.63) is 64.7 Å². The van der Waals surface area contributed by atoms with Gasteiger partial charge in [0.15, 0.2) is 0 Å². The van der Waals surface area contributed by atoms with Gasteiger partial charge in [-0.3, -0.25) is 0 Å². The number of anilines is 1. The lowest BCUT2D eigenvalue weighted by Crippen LogP contribution is -2.24. The number of fused-ring (bicyclic) bond motifs is 1. The molecule has 2 heteroatoms. The van der Waals surface area contributed by atoms with Gasteiger partial charge in [-0.1, -0.05) is 24.3 Å². The lowest BCUT2D eigenvalue weighted by atomic mass is 9.77. The molecule has 2 nitrogen and oxygen atoms in total. The van der Waals surface area contributed by atoms with Gasteiger partial charge in [-0.15, -0.1) is 0 Å². The maximum atomic E-state index is 8.91. The van der Waals surface area contributed by atoms with Gasteiger partial charge in [-0.25, -0.2) is 0 Å². The molecule has 0 heterocycles. The maximum Gasteiger partial charge on any atom is 0.0994 e. The normalized spacial score (nSPS) is 16.1. The first-order valence-electron chi connectivity index (χ1n) is 6.60. The Morgan fingerprint density at radius 2 is 2.11 bits per heavy atom. The zero-order valence-corrected chi connectivity index (χ0v) is 11.0. The molecule has 2 aromatic carbocycles. The van der Waals surface area contributed by atoms with E-state index in [-0.39, 0.29) is 0 Å². The molecular formula is C17H16N2. The van der Waals surface area contributed by atoms with Gasteiger partial charge in [0.05, 0.1) is 11.6 Å². The number of rotatable bonds is 3. The summed E-state index contributed by atoms with van der Waals surface area (Å²) in [5.74, 6) is 0.618. The Bertz CT molecular complexity index is 653. The van der Waals surface area contributed by atoms with Crippen LogP contribution in [0.5, 0.6) is 0 Å². The molecule has 1 unspecified atom stereocenters. The average molecular weight is 248 g/mol. The molecule has 1 atom stereocenters. The summed E-state index contributed by atoms with van der Waals surface area (Å²) in [4.78, 5) is 0. The highest BCUT2D eigenvalue weighted by atomic mass is 14.9. The van der Waals surface area contributed by atoms with E-state index in [0.29, 0.717) is 5.92 Å². The van der Waals surface area contributed by atoms with Crippen molar-refractivity contribution in [2.24, 2.45) is 0 Å². The van der Waals surface area contributed by atoms with Crippen LogP contribution in [0.4, 0.5) is 5.69 Å². The number of benzene rings is 2. The van der Waals surface area contributed by atoms with Crippen LogP contribution in [-0.2, 0) is 6.42 Å². The SMILES string of the molecule is Cc1cc(NCC2Cc3ccccc32)ccc1C#N. The number of aryl methyl sites for hydroxylation is 1. The molecule has 3 rings (SSSR count). The molecule has 0 aliphatic heterocycles. The van der Waals surface area contributed by atoms with Crippen LogP contribution < -0.4 is 5.32 Å². The summed E-state index contributed by atoms with van der Waals surface area (Å²) in [5.41, 5.74) is 5.83. The fourth-order valence-electron chi connectivity index (χ4n) is 2.68. The first kappa shape index (κ1) is 11.8. The molecule has 0 saturated carbocycles. The van der Waals surface area contributed by atoms with E-state index < -0.39 is 0 Å². The zero-order chi connectivity index (χ0) is 13.2. The molecule has 1 N–H and O–H groups in total. The van der Waals surface area contributed by atoms with Crippen molar-refractivity contribution in [3.8, 4) is 6.07 Å². The van der Waals surface area contributed by atoms with Crippen LogP contribution in [-0.4, -0.2) is 6.54 Å². The van der Waals surface area contributed by atoms with E-state index in [2.05, 4.69) is 35.7 Å². The van der Waals surface area contributed by atoms with E-state index in [9.17, 15) is 0 Å². The fraction of sp³-hybridized carbons (Fsp3) is 0.235. The van der Waals surface area contributed by atoms with E-state index in [4.69, 9.17) is 5.26 Å². The summed E-state index contributed by atoms with van der Waals surface area (Å²) in [6.45, 7) is 2.94. The highest BCUT2D eigenvalue weighted by Gasteiger charge is 2.24. The average Bonchev–Trinajstić information content (AvgIpc) is 2.40. The van der Waals surface area contributed by atoms with Crippen molar-refractivity contribution >= 4 is 5.69 Å². The minimum Gasteiger partial charge on any atom is -0.384 e. The van der Waals surface area contributed by atoms with Gasteiger partial charge < -0.3 is 5.32 Å². The number of hydrogen-bond donors (Lipinski definition) is 1. The predicted octanol–water partition coefficient (Wildman–Crippen LogP) is 3.62. The minimum atomic E-state index is 0.618. The van der Waals surface area contributed by atoms with Crippen molar-refractivity contribution in [2.75, 3.05) is 11.9 Å². The molecule has 1 aliphatic rings. The first-order chi connectivity index (χ1) is 9.28. The monoisotopic (exact) mass is 248 g/mol. The first-order valence-corrected chi connectivity index (χ1v) is 6.60. The summed E-state index contributed by atoms with van der Waals surface area (Å²) in [7, 11) is 0. The van der Waals surface area contributed by atoms with E-state index in [1.54, 1.807) is 0 Å². The van der Waals surface area contributed by atoms with Crippen molar-refractivity contribution in [1.29, 1.82) is 5.26 Å². The maximum absolute atomic E-state index is 8.91. The van der Waals surface area contributed by atoms with Gasteiger partial charge in [0.2, 0.25) is 0 Å². The van der Waals surface area contributed by atoms with Crippen molar-refractivity contribution in [2.45, 2.75) is 19.3 Å². The van der Waals surface area contributed by atoms with Crippen LogP contribution in [0.1, 0.15) is 28.2 Å². The lowest BCUT2D eigenvalue weighted by molar-refractivity contribution is 0.636. The second kappa shape index (κ2) is 4.78. The Morgan fingerprint density at radius 3 is 2.84 bits per heavy atom. The Morgan fingerprint density at radius 1 is 1.26 bits per heavy atom. The molecule has 2 aromatic rings. The third-order valence-corrected chi connectivity index (χ3v) is 3.86. The molecule has 0 spiro atoms. The summed E-state index contributed by atoms with van der Waals surface area (Å²) in [5, 5.41) is 12.4. The number of nitriles is 1. The van der Waals surface area contributed by atoms with Gasteiger partial charge in [-0.05, 0) is 48.2 Å². The number of nitrogens with one attached hydrogen (secondary N) is 1. The van der Waals surface area contributed by atoms with Crippen LogP contribution in [0.15, 0.2) is 42.5 Å². The summed E-state index contributed by atoms with van der Waals surface area (Å²) in [6, 6.07) is 16.7. The number of nitrogens with zero attached hydrogens (tertiary/aromatic N) is 1. The van der Waals surface area contributed by atoms with Crippen molar-refractivity contribution in [1.82, 2.24) is 0 Å². The molecule has 94 valence electrons. The van der Waals surface area contributed by atoms with Crippen LogP contribution >= 0.6 is 0 Å². The van der Waals surface area contributed by atoms with Gasteiger partial charge in [-0.2, -0.15) is 5.26 Å². The summed E-state index contributed by atoms with van der Waals surface area (Å²) in [6.07, 6.45) is 1.17. The zero-order valence-electron chi connectivity index (χ0n) is 11.0. The molecule has 0 radical (unpaired) electrons. The van der Waals surface area contributed by atoms with Gasteiger partial charge in [0.1, 0.15) is 0 Å². The van der Waals surface area contributed by atoms with Crippen molar-refractivity contribution in [3.63, 3.8) is 0 Å². The molecule has 1 aliphatic carbocycles. The van der Waals surface area contributed by atoms with E-state index >= 15 is 0 Å². The summed E-state index contributed by atoms with van der Waals surface area (Å²) < 4.78 is 0. The third kappa shape index (κ3) is 2.20. The molecule has 0 amide bonds. The molecule has 0 aromatic heterocycles. The van der Waals surface area contributed by atoms with Gasteiger partial charge in [0.25, 0.3) is 0 Å². The highest BCUT2D eigenvalue weighted by Crippen LogP contribution is 2.34. The van der Waals surface area contributed by atoms with Gasteiger partial charge >= 0.3 is 0 Å². The van der Waals surface area contributed by atoms with E-state index in [1.807, 2.05) is 25.1 Å². The fourth-order valence-corrected chi connectivity index (χ4v) is 2.68. The Kier molecular flexibility index (Phi) is 2.97. The standard InChI is InChI=1S/C17H16N2/c1-12-8-16(7-6-14(12)10-18)19-11-15-9-13-4-2-3-5-17(13)15/h2-8,15,19H,9,11H2,1H3. The topological polar surface area (TPSA) is 35.8 Å². The second-order valence-corrected chi connectivity index (χ2v) is 5.12. The molecule has 19 heavy (non-hydrogen) atoms. The lowest BCUT2D eigenvalue weighted by Gasteiger charge is -2.30. The smallest absolute Gasteiger partial charge is 0.0994 e. The van der Waals surface area contributed by atoms with Gasteiger partial charge in [0, 0.05) is 18.2 Å². The predicted molar refractivity (Wildman–Crippen MR) is 77.3 cm³/mol. The second-order valence-electron chi connectivity index (χ2n) is 5.12. The summed E-state index contributed by atoms with van der Waals surface area (Å²) >= 11 is 0. The van der Waals surface area contributed by atoms with Crippen LogP contribution in [0.2, 0.25) is 0 Å². The van der Waals surface area contributed by atoms with Crippen molar-refractivity contribution < 1.29 is 0 Å². The number of hydrogen-bond acceptors (Lipinski definition) is 2. The van der Waals surface area contributed by atoms with Crippen LogP contribution in [0, 0.1) is 18.3 Å². The third-order valence-electron chi connectivity index (χ3n) is 3.86. The largest absolute Gasteiger partial charge is 0.384 e. The Hall–Kier alpha value is -2.27. The quantitative estimate of drug-likeness (QED) is 0.900. The minimum absolute atomic E-state index is 0.618. The molecule has 0 fully saturated rings. The van der Waals surface area contributed by atoms with Crippen LogP contribution in [0.25, 0.3) is 0 Å². The van der Waals surface area contributed by atoms with E-state index in [1.165, 1.54) is 17.5 Å². The van der Waals surface area contributed by atoms with E-state index in [0.717, 1.165) is 23.4 Å². The Labute approximate surface area is 113 Å². The Balaban J connectivity index is 1.66. The molecular weight excluding hydrogens is 232 g/mol. The molecule has 0 saturated heterocycles.